The van der Waals surface area contributed by atoms with E-state index in [9.17, 15) is 4.79 Å². The molecule has 0 spiro atoms. The standard InChI is InChI=1S/C21H22N4O2.ClH/c1-14-10-11-16(22)13-17(14)21(26)25-12-6-5-9-18(25)20-23-19(24-27-20)15-7-3-2-4-8-15;/h2-4,7-8,10-11,13,18H,5-6,9,12,22H2,1H3;1H. The van der Waals surface area contributed by atoms with Crippen molar-refractivity contribution in [3.63, 3.8) is 0 Å². The number of nitrogens with two attached hydrogens (primary N) is 1. The van der Waals surface area contributed by atoms with Gasteiger partial charge in [-0.1, -0.05) is 41.6 Å². The Balaban J connectivity index is 0.00000225. The molecule has 1 aromatic heterocycles. The zero-order valence-electron chi connectivity index (χ0n) is 15.7. The van der Waals surface area contributed by atoms with Crippen LogP contribution in [0.3, 0.4) is 0 Å². The number of amides is 1. The van der Waals surface area contributed by atoms with Gasteiger partial charge < -0.3 is 15.2 Å². The number of hydrogen-bond acceptors (Lipinski definition) is 5. The first kappa shape index (κ1) is 19.9. The molecule has 1 atom stereocenters. The first-order valence-electron chi connectivity index (χ1n) is 9.19. The van der Waals surface area contributed by atoms with Crippen molar-refractivity contribution >= 4 is 24.0 Å². The molecule has 2 heterocycles. The Morgan fingerprint density at radius 2 is 1.96 bits per heavy atom. The average Bonchev–Trinajstić information content (AvgIpc) is 3.20. The molecule has 2 N–H and O–H groups in total. The first-order valence-corrected chi connectivity index (χ1v) is 9.19. The molecular weight excluding hydrogens is 376 g/mol. The van der Waals surface area contributed by atoms with E-state index in [0.29, 0.717) is 29.5 Å². The van der Waals surface area contributed by atoms with Gasteiger partial charge in [0.1, 0.15) is 6.04 Å². The number of piperidine rings is 1. The van der Waals surface area contributed by atoms with Gasteiger partial charge in [0.25, 0.3) is 5.91 Å². The van der Waals surface area contributed by atoms with Gasteiger partial charge in [-0.2, -0.15) is 4.98 Å². The van der Waals surface area contributed by atoms with Gasteiger partial charge in [0.2, 0.25) is 11.7 Å². The number of hydrogen-bond donors (Lipinski definition) is 1. The third kappa shape index (κ3) is 3.87. The molecule has 0 saturated carbocycles. The van der Waals surface area contributed by atoms with Gasteiger partial charge in [-0.3, -0.25) is 4.79 Å². The molecule has 0 radical (unpaired) electrons. The molecule has 28 heavy (non-hydrogen) atoms. The minimum atomic E-state index is -0.211. The van der Waals surface area contributed by atoms with E-state index in [0.717, 1.165) is 30.4 Å². The maximum atomic E-state index is 13.2. The summed E-state index contributed by atoms with van der Waals surface area (Å²) in [7, 11) is 0. The number of likely N-dealkylation sites (tertiary alicyclic amines) is 1. The molecule has 1 amide bonds. The summed E-state index contributed by atoms with van der Waals surface area (Å²) in [5.74, 6) is 0.996. The van der Waals surface area contributed by atoms with Crippen LogP contribution in [-0.4, -0.2) is 27.5 Å². The molecule has 1 aliphatic rings. The second-order valence-corrected chi connectivity index (χ2v) is 6.91. The Labute approximate surface area is 170 Å². The molecule has 7 heteroatoms. The summed E-state index contributed by atoms with van der Waals surface area (Å²) < 4.78 is 5.55. The van der Waals surface area contributed by atoms with Crippen LogP contribution in [0.5, 0.6) is 0 Å². The summed E-state index contributed by atoms with van der Waals surface area (Å²) >= 11 is 0. The summed E-state index contributed by atoms with van der Waals surface area (Å²) in [5, 5.41) is 4.12. The highest BCUT2D eigenvalue weighted by atomic mass is 35.5. The van der Waals surface area contributed by atoms with E-state index in [-0.39, 0.29) is 24.4 Å². The average molecular weight is 399 g/mol. The third-order valence-corrected chi connectivity index (χ3v) is 5.01. The van der Waals surface area contributed by atoms with Crippen molar-refractivity contribution in [1.82, 2.24) is 15.0 Å². The molecular formula is C21H23ClN4O2. The van der Waals surface area contributed by atoms with Crippen molar-refractivity contribution in [2.75, 3.05) is 12.3 Å². The molecule has 0 bridgehead atoms. The molecule has 0 aliphatic carbocycles. The fraction of sp³-hybridized carbons (Fsp3) is 0.286. The van der Waals surface area contributed by atoms with Gasteiger partial charge >= 0.3 is 0 Å². The van der Waals surface area contributed by atoms with E-state index < -0.39 is 0 Å². The number of carbonyl (C=O) groups is 1. The Kier molecular flexibility index (Phi) is 5.99. The quantitative estimate of drug-likeness (QED) is 0.660. The molecule has 1 fully saturated rings. The van der Waals surface area contributed by atoms with E-state index >= 15 is 0 Å². The molecule has 3 aromatic rings. The molecule has 1 aliphatic heterocycles. The molecule has 6 nitrogen and oxygen atoms in total. The zero-order valence-corrected chi connectivity index (χ0v) is 16.5. The van der Waals surface area contributed by atoms with Gasteiger partial charge in [0.15, 0.2) is 0 Å². The smallest absolute Gasteiger partial charge is 0.254 e. The monoisotopic (exact) mass is 398 g/mol. The molecule has 4 rings (SSSR count). The van der Waals surface area contributed by atoms with E-state index in [2.05, 4.69) is 10.1 Å². The van der Waals surface area contributed by atoms with Crippen molar-refractivity contribution < 1.29 is 9.32 Å². The molecule has 1 saturated heterocycles. The van der Waals surface area contributed by atoms with Crippen molar-refractivity contribution in [1.29, 1.82) is 0 Å². The van der Waals surface area contributed by atoms with E-state index in [1.807, 2.05) is 54.3 Å². The minimum absolute atomic E-state index is 0. The van der Waals surface area contributed by atoms with Crippen LogP contribution in [-0.2, 0) is 0 Å². The summed E-state index contributed by atoms with van der Waals surface area (Å²) in [5.41, 5.74) is 8.92. The minimum Gasteiger partial charge on any atom is -0.399 e. The fourth-order valence-corrected chi connectivity index (χ4v) is 3.53. The van der Waals surface area contributed by atoms with E-state index in [1.165, 1.54) is 0 Å². The Morgan fingerprint density at radius 1 is 1.18 bits per heavy atom. The Hall–Kier alpha value is -2.86. The van der Waals surface area contributed by atoms with E-state index in [1.54, 1.807) is 6.07 Å². The van der Waals surface area contributed by atoms with Gasteiger partial charge in [-0.25, -0.2) is 0 Å². The van der Waals surface area contributed by atoms with Crippen molar-refractivity contribution in [3.8, 4) is 11.4 Å². The lowest BCUT2D eigenvalue weighted by Gasteiger charge is -2.33. The number of aryl methyl sites for hydroxylation is 1. The third-order valence-electron chi connectivity index (χ3n) is 5.01. The van der Waals surface area contributed by atoms with Crippen LogP contribution in [0.4, 0.5) is 5.69 Å². The highest BCUT2D eigenvalue weighted by Crippen LogP contribution is 2.33. The van der Waals surface area contributed by atoms with Crippen molar-refractivity contribution in [2.45, 2.75) is 32.2 Å². The van der Waals surface area contributed by atoms with Crippen molar-refractivity contribution in [3.05, 3.63) is 65.5 Å². The highest BCUT2D eigenvalue weighted by Gasteiger charge is 2.33. The predicted octanol–water partition coefficient (Wildman–Crippen LogP) is 4.42. The number of carbonyl (C=O) groups excluding carboxylic acids is 1. The summed E-state index contributed by atoms with van der Waals surface area (Å²) in [4.78, 5) is 19.6. The van der Waals surface area contributed by atoms with Crippen LogP contribution in [0, 0.1) is 6.92 Å². The number of benzene rings is 2. The predicted molar refractivity (Wildman–Crippen MR) is 110 cm³/mol. The van der Waals surface area contributed by atoms with Gasteiger partial charge in [-0.05, 0) is 43.9 Å². The van der Waals surface area contributed by atoms with Gasteiger partial charge in [-0.15, -0.1) is 12.4 Å². The topological polar surface area (TPSA) is 85.3 Å². The molecule has 2 aromatic carbocycles. The maximum Gasteiger partial charge on any atom is 0.254 e. The number of aromatic nitrogens is 2. The summed E-state index contributed by atoms with van der Waals surface area (Å²) in [6.07, 6.45) is 2.79. The van der Waals surface area contributed by atoms with Crippen LogP contribution < -0.4 is 5.73 Å². The SMILES string of the molecule is Cc1ccc(N)cc1C(=O)N1CCCCC1c1nc(-c2ccccc2)no1.Cl. The van der Waals surface area contributed by atoms with Crippen molar-refractivity contribution in [2.24, 2.45) is 0 Å². The Bertz CT molecular complexity index is 958. The lowest BCUT2D eigenvalue weighted by Crippen LogP contribution is -2.39. The van der Waals surface area contributed by atoms with Crippen LogP contribution in [0.2, 0.25) is 0 Å². The summed E-state index contributed by atoms with van der Waals surface area (Å²) in [6.45, 7) is 2.59. The molecule has 1 unspecified atom stereocenters. The Morgan fingerprint density at radius 3 is 2.75 bits per heavy atom. The normalized spacial score (nSPS) is 16.5. The lowest BCUT2D eigenvalue weighted by molar-refractivity contribution is 0.0560. The first-order chi connectivity index (χ1) is 13.1. The van der Waals surface area contributed by atoms with Crippen LogP contribution >= 0.6 is 12.4 Å². The number of nitrogens with zero attached hydrogens (tertiary/aromatic N) is 3. The number of anilines is 1. The van der Waals surface area contributed by atoms with Gasteiger partial charge in [0, 0.05) is 23.4 Å². The number of rotatable bonds is 3. The highest BCUT2D eigenvalue weighted by molar-refractivity contribution is 5.96. The van der Waals surface area contributed by atoms with Crippen LogP contribution in [0.25, 0.3) is 11.4 Å². The number of nitrogen functional groups attached to an aromatic ring is 1. The maximum absolute atomic E-state index is 13.2. The summed E-state index contributed by atoms with van der Waals surface area (Å²) in [6, 6.07) is 14.9. The second kappa shape index (κ2) is 8.44. The lowest BCUT2D eigenvalue weighted by atomic mass is 9.99. The molecule has 146 valence electrons. The van der Waals surface area contributed by atoms with E-state index in [4.69, 9.17) is 10.3 Å². The van der Waals surface area contributed by atoms with Gasteiger partial charge in [0.05, 0.1) is 0 Å². The fourth-order valence-electron chi connectivity index (χ4n) is 3.53. The van der Waals surface area contributed by atoms with Crippen LogP contribution in [0.1, 0.15) is 47.1 Å². The zero-order chi connectivity index (χ0) is 18.8. The second-order valence-electron chi connectivity index (χ2n) is 6.91. The largest absolute Gasteiger partial charge is 0.399 e. The van der Waals surface area contributed by atoms with Crippen LogP contribution in [0.15, 0.2) is 53.1 Å². The number of halogens is 1.